The number of fused-ring (bicyclic) bond motifs is 2. The van der Waals surface area contributed by atoms with Gasteiger partial charge in [-0.3, -0.25) is 9.59 Å². The topological polar surface area (TPSA) is 79.5 Å². The number of para-hydroxylation sites is 1. The fourth-order valence-electron chi connectivity index (χ4n) is 4.49. The van der Waals surface area contributed by atoms with Crippen LogP contribution in [0.25, 0.3) is 0 Å². The van der Waals surface area contributed by atoms with Crippen molar-refractivity contribution >= 4 is 35.6 Å². The summed E-state index contributed by atoms with van der Waals surface area (Å²) in [7, 11) is 1.58. The zero-order valence-corrected chi connectivity index (χ0v) is 17.8. The third kappa shape index (κ3) is 5.32. The van der Waals surface area contributed by atoms with Gasteiger partial charge in [-0.15, -0.1) is 12.4 Å². The Bertz CT molecular complexity index is 893. The number of benzene rings is 2. The van der Waals surface area contributed by atoms with Crippen molar-refractivity contribution in [2.24, 2.45) is 5.92 Å². The summed E-state index contributed by atoms with van der Waals surface area (Å²) < 4.78 is 5.20. The Kier molecular flexibility index (Phi) is 7.34. The maximum absolute atomic E-state index is 12.8. The minimum Gasteiger partial charge on any atom is -0.497 e. The van der Waals surface area contributed by atoms with Crippen molar-refractivity contribution in [1.82, 2.24) is 5.32 Å². The first kappa shape index (κ1) is 22.1. The lowest BCUT2D eigenvalue weighted by Gasteiger charge is -2.28. The second-order valence-corrected chi connectivity index (χ2v) is 7.96. The van der Waals surface area contributed by atoms with Crippen LogP contribution >= 0.6 is 12.4 Å². The second kappa shape index (κ2) is 9.96. The number of ether oxygens (including phenoxy) is 1. The smallest absolute Gasteiger partial charge is 0.257 e. The molecule has 2 aliphatic rings. The van der Waals surface area contributed by atoms with Crippen molar-refractivity contribution in [2.45, 2.75) is 44.2 Å². The molecule has 0 saturated carbocycles. The van der Waals surface area contributed by atoms with Crippen LogP contribution in [0.2, 0.25) is 0 Å². The lowest BCUT2D eigenvalue weighted by molar-refractivity contribution is -0.117. The van der Waals surface area contributed by atoms with Crippen molar-refractivity contribution in [3.05, 3.63) is 54.1 Å². The Labute approximate surface area is 183 Å². The van der Waals surface area contributed by atoms with Crippen LogP contribution in [0, 0.1) is 5.92 Å². The van der Waals surface area contributed by atoms with Crippen molar-refractivity contribution < 1.29 is 14.3 Å². The maximum atomic E-state index is 12.8. The van der Waals surface area contributed by atoms with E-state index in [-0.39, 0.29) is 24.2 Å². The Morgan fingerprint density at radius 1 is 1.03 bits per heavy atom. The van der Waals surface area contributed by atoms with Gasteiger partial charge in [0.25, 0.3) is 5.91 Å². The van der Waals surface area contributed by atoms with Crippen molar-refractivity contribution in [1.29, 1.82) is 0 Å². The first-order valence-corrected chi connectivity index (χ1v) is 10.2. The fraction of sp³-hybridized carbons (Fsp3) is 0.391. The minimum atomic E-state index is -0.269. The SMILES string of the molecule is COc1cccc(NC(=O)c2ccccc2NC(=O)CC2CC3CCC(C2)N3)c1.Cl. The highest BCUT2D eigenvalue weighted by Gasteiger charge is 2.34. The molecule has 6 nitrogen and oxygen atoms in total. The fourth-order valence-corrected chi connectivity index (χ4v) is 4.49. The summed E-state index contributed by atoms with van der Waals surface area (Å²) in [5.41, 5.74) is 1.62. The minimum absolute atomic E-state index is 0. The van der Waals surface area contributed by atoms with Crippen LogP contribution < -0.4 is 20.7 Å². The van der Waals surface area contributed by atoms with Crippen LogP contribution in [0.4, 0.5) is 11.4 Å². The average Bonchev–Trinajstić information content (AvgIpc) is 3.06. The summed E-state index contributed by atoms with van der Waals surface area (Å²) in [6.45, 7) is 0. The molecule has 2 bridgehead atoms. The molecule has 0 radical (unpaired) electrons. The van der Waals surface area contributed by atoms with E-state index in [1.807, 2.05) is 18.2 Å². The van der Waals surface area contributed by atoms with Crippen LogP contribution in [-0.2, 0) is 4.79 Å². The van der Waals surface area contributed by atoms with Crippen molar-refractivity contribution in [2.75, 3.05) is 17.7 Å². The summed E-state index contributed by atoms with van der Waals surface area (Å²) in [4.78, 5) is 25.4. The van der Waals surface area contributed by atoms with Crippen LogP contribution in [0.5, 0.6) is 5.75 Å². The predicted molar refractivity (Wildman–Crippen MR) is 121 cm³/mol. The highest BCUT2D eigenvalue weighted by atomic mass is 35.5. The Morgan fingerprint density at radius 2 is 1.77 bits per heavy atom. The number of carbonyl (C=O) groups excluding carboxylic acids is 2. The zero-order valence-electron chi connectivity index (χ0n) is 17.0. The van der Waals surface area contributed by atoms with Gasteiger partial charge in [-0.1, -0.05) is 18.2 Å². The molecule has 160 valence electrons. The summed E-state index contributed by atoms with van der Waals surface area (Å²) in [6, 6.07) is 15.4. The first-order valence-electron chi connectivity index (χ1n) is 10.2. The largest absolute Gasteiger partial charge is 0.497 e. The molecule has 2 aromatic rings. The predicted octanol–water partition coefficient (Wildman–Crippen LogP) is 4.23. The Balaban J connectivity index is 0.00000256. The van der Waals surface area contributed by atoms with E-state index >= 15 is 0 Å². The number of methoxy groups -OCH3 is 1. The van der Waals surface area contributed by atoms with E-state index < -0.39 is 0 Å². The van der Waals surface area contributed by atoms with E-state index in [9.17, 15) is 9.59 Å². The lowest BCUT2D eigenvalue weighted by atomic mass is 9.89. The van der Waals surface area contributed by atoms with E-state index in [1.165, 1.54) is 12.8 Å². The molecule has 2 unspecified atom stereocenters. The van der Waals surface area contributed by atoms with Crippen molar-refractivity contribution in [3.63, 3.8) is 0 Å². The molecule has 2 saturated heterocycles. The Morgan fingerprint density at radius 3 is 2.50 bits per heavy atom. The summed E-state index contributed by atoms with van der Waals surface area (Å²) in [6.07, 6.45) is 5.05. The monoisotopic (exact) mass is 429 g/mol. The molecule has 2 fully saturated rings. The number of anilines is 2. The standard InChI is InChI=1S/C23H27N3O3.ClH/c1-29-19-6-4-5-16(14-19)25-23(28)20-7-2-3-8-21(20)26-22(27)13-15-11-17-9-10-18(12-15)24-17;/h2-8,14-15,17-18,24H,9-13H2,1H3,(H,25,28)(H,26,27);1H. The van der Waals surface area contributed by atoms with E-state index in [1.54, 1.807) is 37.4 Å². The quantitative estimate of drug-likeness (QED) is 0.642. The van der Waals surface area contributed by atoms with Gasteiger partial charge in [-0.05, 0) is 55.9 Å². The molecule has 7 heteroatoms. The molecule has 2 heterocycles. The van der Waals surface area contributed by atoms with Gasteiger partial charge in [0.1, 0.15) is 5.75 Å². The average molecular weight is 430 g/mol. The molecular weight excluding hydrogens is 402 g/mol. The highest BCUT2D eigenvalue weighted by Crippen LogP contribution is 2.33. The van der Waals surface area contributed by atoms with Gasteiger partial charge in [0, 0.05) is 30.3 Å². The van der Waals surface area contributed by atoms with Gasteiger partial charge in [-0.25, -0.2) is 0 Å². The maximum Gasteiger partial charge on any atom is 0.257 e. The second-order valence-electron chi connectivity index (χ2n) is 7.96. The van der Waals surface area contributed by atoms with Gasteiger partial charge in [0.15, 0.2) is 0 Å². The number of hydrogen-bond donors (Lipinski definition) is 3. The summed E-state index contributed by atoms with van der Waals surface area (Å²) >= 11 is 0. The van der Waals surface area contributed by atoms with E-state index in [4.69, 9.17) is 4.74 Å². The molecule has 3 N–H and O–H groups in total. The first-order chi connectivity index (χ1) is 14.1. The van der Waals surface area contributed by atoms with E-state index in [0.29, 0.717) is 47.1 Å². The molecule has 0 spiro atoms. The zero-order chi connectivity index (χ0) is 20.2. The number of hydrogen-bond acceptors (Lipinski definition) is 4. The van der Waals surface area contributed by atoms with E-state index in [0.717, 1.165) is 12.8 Å². The third-order valence-electron chi connectivity index (χ3n) is 5.82. The van der Waals surface area contributed by atoms with Crippen molar-refractivity contribution in [3.8, 4) is 5.75 Å². The molecule has 0 aromatic heterocycles. The third-order valence-corrected chi connectivity index (χ3v) is 5.82. The summed E-state index contributed by atoms with van der Waals surface area (Å²) in [5.74, 6) is 0.777. The van der Waals surface area contributed by atoms with E-state index in [2.05, 4.69) is 16.0 Å². The van der Waals surface area contributed by atoms with Gasteiger partial charge < -0.3 is 20.7 Å². The number of halogens is 1. The Hall–Kier alpha value is -2.57. The molecule has 30 heavy (non-hydrogen) atoms. The number of carbonyl (C=O) groups is 2. The molecule has 4 rings (SSSR count). The van der Waals surface area contributed by atoms with Crippen LogP contribution in [-0.4, -0.2) is 31.0 Å². The molecular formula is C23H28ClN3O3. The molecule has 2 aromatic carbocycles. The number of amides is 2. The van der Waals surface area contributed by atoms with Crippen LogP contribution in [0.1, 0.15) is 42.5 Å². The normalized spacial score (nSPS) is 22.0. The van der Waals surface area contributed by atoms with Gasteiger partial charge in [-0.2, -0.15) is 0 Å². The van der Waals surface area contributed by atoms with Crippen LogP contribution in [0.3, 0.4) is 0 Å². The van der Waals surface area contributed by atoms with Gasteiger partial charge in [0.2, 0.25) is 5.91 Å². The molecule has 2 atom stereocenters. The number of piperidine rings is 1. The molecule has 0 aliphatic carbocycles. The highest BCUT2D eigenvalue weighted by molar-refractivity contribution is 6.10. The van der Waals surface area contributed by atoms with Crippen LogP contribution in [0.15, 0.2) is 48.5 Å². The molecule has 2 amide bonds. The number of rotatable bonds is 6. The summed E-state index contributed by atoms with van der Waals surface area (Å²) in [5, 5.41) is 9.43. The lowest BCUT2D eigenvalue weighted by Crippen LogP contribution is -2.39. The van der Waals surface area contributed by atoms with Gasteiger partial charge >= 0.3 is 0 Å². The van der Waals surface area contributed by atoms with Gasteiger partial charge in [0.05, 0.1) is 18.4 Å². The number of nitrogens with one attached hydrogen (secondary N) is 3. The molecule has 2 aliphatic heterocycles.